The predicted octanol–water partition coefficient (Wildman–Crippen LogP) is 3.63. The van der Waals surface area contributed by atoms with Gasteiger partial charge in [0.2, 0.25) is 5.91 Å². The maximum absolute atomic E-state index is 11.8. The highest BCUT2D eigenvalue weighted by Crippen LogP contribution is 2.22. The number of rotatable bonds is 3. The van der Waals surface area contributed by atoms with Gasteiger partial charge in [0, 0.05) is 6.42 Å². The Morgan fingerprint density at radius 2 is 2.06 bits per heavy atom. The second-order valence-electron chi connectivity index (χ2n) is 5.72. The van der Waals surface area contributed by atoms with Crippen LogP contribution in [-0.4, -0.2) is 5.91 Å². The van der Waals surface area contributed by atoms with Gasteiger partial charge in [-0.3, -0.25) is 4.79 Å². The maximum Gasteiger partial charge on any atom is 0.224 e. The number of hydrogen-bond acceptors (Lipinski definition) is 2. The van der Waals surface area contributed by atoms with Gasteiger partial charge < -0.3 is 5.32 Å². The molecule has 0 radical (unpaired) electrons. The summed E-state index contributed by atoms with van der Waals surface area (Å²) in [6.45, 7) is 8.18. The van der Waals surface area contributed by atoms with E-state index in [-0.39, 0.29) is 11.3 Å². The third kappa shape index (κ3) is 4.21. The number of carbonyl (C=O) groups is 1. The molecular weight excluding hydrogens is 224 g/mol. The van der Waals surface area contributed by atoms with Crippen molar-refractivity contribution < 1.29 is 4.79 Å². The van der Waals surface area contributed by atoms with Crippen LogP contribution in [0.25, 0.3) is 0 Å². The number of nitrogens with zero attached hydrogens (tertiary/aromatic N) is 1. The highest BCUT2D eigenvalue weighted by Gasteiger charge is 2.14. The van der Waals surface area contributed by atoms with Gasteiger partial charge in [-0.15, -0.1) is 0 Å². The molecule has 96 valence electrons. The first-order valence-electron chi connectivity index (χ1n) is 6.13. The third-order valence-corrected chi connectivity index (χ3v) is 2.76. The molecular formula is C15H20N2O. The van der Waals surface area contributed by atoms with Crippen molar-refractivity contribution in [3.63, 3.8) is 0 Å². The van der Waals surface area contributed by atoms with Crippen molar-refractivity contribution in [3.8, 4) is 6.07 Å². The molecule has 1 rings (SSSR count). The summed E-state index contributed by atoms with van der Waals surface area (Å²) in [5.74, 6) is -0.0352. The Balaban J connectivity index is 2.72. The van der Waals surface area contributed by atoms with Crippen molar-refractivity contribution >= 4 is 11.6 Å². The number of amides is 1. The number of anilines is 1. The zero-order chi connectivity index (χ0) is 13.8. The molecule has 0 spiro atoms. The molecule has 1 aromatic rings. The average Bonchev–Trinajstić information content (AvgIpc) is 2.26. The lowest BCUT2D eigenvalue weighted by Crippen LogP contribution is -2.16. The van der Waals surface area contributed by atoms with Crippen LogP contribution in [0.1, 0.15) is 44.7 Å². The minimum absolute atomic E-state index is 0.0352. The minimum atomic E-state index is -0.0352. The number of hydrogen-bond donors (Lipinski definition) is 1. The number of benzene rings is 1. The van der Waals surface area contributed by atoms with E-state index in [1.165, 1.54) is 0 Å². The van der Waals surface area contributed by atoms with E-state index in [0.717, 1.165) is 12.0 Å². The van der Waals surface area contributed by atoms with Crippen molar-refractivity contribution in [2.24, 2.45) is 5.41 Å². The first kappa shape index (κ1) is 14.2. The molecule has 1 amide bonds. The van der Waals surface area contributed by atoms with Gasteiger partial charge in [0.1, 0.15) is 6.07 Å². The summed E-state index contributed by atoms with van der Waals surface area (Å²) in [5, 5.41) is 11.9. The van der Waals surface area contributed by atoms with E-state index in [0.29, 0.717) is 17.7 Å². The maximum atomic E-state index is 11.8. The van der Waals surface area contributed by atoms with Gasteiger partial charge >= 0.3 is 0 Å². The molecule has 0 aliphatic carbocycles. The lowest BCUT2D eigenvalue weighted by molar-refractivity contribution is -0.116. The number of nitriles is 1. The largest absolute Gasteiger partial charge is 0.325 e. The van der Waals surface area contributed by atoms with Gasteiger partial charge in [0.05, 0.1) is 11.3 Å². The Morgan fingerprint density at radius 3 is 2.61 bits per heavy atom. The fourth-order valence-electron chi connectivity index (χ4n) is 1.62. The van der Waals surface area contributed by atoms with Gasteiger partial charge in [0.15, 0.2) is 0 Å². The number of aryl methyl sites for hydroxylation is 1. The van der Waals surface area contributed by atoms with E-state index < -0.39 is 0 Å². The zero-order valence-electron chi connectivity index (χ0n) is 11.5. The van der Waals surface area contributed by atoms with Crippen molar-refractivity contribution in [3.05, 3.63) is 29.3 Å². The van der Waals surface area contributed by atoms with Gasteiger partial charge in [-0.05, 0) is 30.4 Å². The fraction of sp³-hybridized carbons (Fsp3) is 0.467. The van der Waals surface area contributed by atoms with Crippen LogP contribution in [0.2, 0.25) is 0 Å². The molecule has 3 nitrogen and oxygen atoms in total. The topological polar surface area (TPSA) is 52.9 Å². The highest BCUT2D eigenvalue weighted by molar-refractivity contribution is 5.92. The van der Waals surface area contributed by atoms with Crippen LogP contribution in [0.15, 0.2) is 18.2 Å². The normalized spacial score (nSPS) is 10.8. The Kier molecular flexibility index (Phi) is 4.49. The second kappa shape index (κ2) is 5.68. The Morgan fingerprint density at radius 1 is 1.39 bits per heavy atom. The fourth-order valence-corrected chi connectivity index (χ4v) is 1.62. The molecule has 1 aromatic carbocycles. The molecule has 0 atom stereocenters. The smallest absolute Gasteiger partial charge is 0.224 e. The Labute approximate surface area is 109 Å². The standard InChI is InChI=1S/C15H20N2O/c1-11-6-5-7-13(12(11)10-16)17-14(18)8-9-15(2,3)4/h5-7H,8-9H2,1-4H3,(H,17,18). The Hall–Kier alpha value is -1.82. The first-order chi connectivity index (χ1) is 8.33. The van der Waals surface area contributed by atoms with Crippen molar-refractivity contribution in [1.82, 2.24) is 0 Å². The van der Waals surface area contributed by atoms with Crippen LogP contribution < -0.4 is 5.32 Å². The van der Waals surface area contributed by atoms with Gasteiger partial charge in [-0.1, -0.05) is 32.9 Å². The molecule has 18 heavy (non-hydrogen) atoms. The first-order valence-corrected chi connectivity index (χ1v) is 6.13. The van der Waals surface area contributed by atoms with E-state index in [1.54, 1.807) is 6.07 Å². The van der Waals surface area contributed by atoms with E-state index in [1.807, 2.05) is 19.1 Å². The van der Waals surface area contributed by atoms with Crippen molar-refractivity contribution in [2.45, 2.75) is 40.5 Å². The Bertz CT molecular complexity index is 478. The van der Waals surface area contributed by atoms with Gasteiger partial charge in [-0.2, -0.15) is 5.26 Å². The molecule has 3 heteroatoms. The summed E-state index contributed by atoms with van der Waals surface area (Å²) in [4.78, 5) is 11.8. The summed E-state index contributed by atoms with van der Waals surface area (Å²) in [6, 6.07) is 7.60. The van der Waals surface area contributed by atoms with E-state index in [2.05, 4.69) is 32.2 Å². The van der Waals surface area contributed by atoms with Crippen molar-refractivity contribution in [1.29, 1.82) is 5.26 Å². The van der Waals surface area contributed by atoms with E-state index in [9.17, 15) is 4.79 Å². The molecule has 0 heterocycles. The molecule has 1 N–H and O–H groups in total. The van der Waals surface area contributed by atoms with E-state index in [4.69, 9.17) is 5.26 Å². The van der Waals surface area contributed by atoms with Crippen LogP contribution in [0, 0.1) is 23.7 Å². The summed E-state index contributed by atoms with van der Waals surface area (Å²) < 4.78 is 0. The van der Waals surface area contributed by atoms with E-state index >= 15 is 0 Å². The minimum Gasteiger partial charge on any atom is -0.325 e. The molecule has 0 saturated carbocycles. The summed E-state index contributed by atoms with van der Waals surface area (Å²) in [5.41, 5.74) is 2.17. The molecule has 0 aliphatic rings. The SMILES string of the molecule is Cc1cccc(NC(=O)CCC(C)(C)C)c1C#N. The van der Waals surface area contributed by atoms with Gasteiger partial charge in [0.25, 0.3) is 0 Å². The molecule has 0 aromatic heterocycles. The second-order valence-corrected chi connectivity index (χ2v) is 5.72. The molecule has 0 bridgehead atoms. The monoisotopic (exact) mass is 244 g/mol. The highest BCUT2D eigenvalue weighted by atomic mass is 16.1. The zero-order valence-corrected chi connectivity index (χ0v) is 11.5. The molecule has 0 aliphatic heterocycles. The number of nitrogens with one attached hydrogen (secondary N) is 1. The molecule has 0 fully saturated rings. The lowest BCUT2D eigenvalue weighted by Gasteiger charge is -2.17. The lowest BCUT2D eigenvalue weighted by atomic mass is 9.90. The number of carbonyl (C=O) groups excluding carboxylic acids is 1. The average molecular weight is 244 g/mol. The summed E-state index contributed by atoms with van der Waals surface area (Å²) in [6.07, 6.45) is 1.30. The van der Waals surface area contributed by atoms with Crippen LogP contribution in [0.3, 0.4) is 0 Å². The predicted molar refractivity (Wildman–Crippen MR) is 73.2 cm³/mol. The molecule has 0 unspecified atom stereocenters. The summed E-state index contributed by atoms with van der Waals surface area (Å²) >= 11 is 0. The molecule has 0 saturated heterocycles. The van der Waals surface area contributed by atoms with Crippen LogP contribution in [0.5, 0.6) is 0 Å². The summed E-state index contributed by atoms with van der Waals surface area (Å²) in [7, 11) is 0. The van der Waals surface area contributed by atoms with Crippen LogP contribution in [-0.2, 0) is 4.79 Å². The van der Waals surface area contributed by atoms with Gasteiger partial charge in [-0.25, -0.2) is 0 Å². The van der Waals surface area contributed by atoms with Crippen molar-refractivity contribution in [2.75, 3.05) is 5.32 Å². The van der Waals surface area contributed by atoms with Crippen LogP contribution in [0.4, 0.5) is 5.69 Å². The quantitative estimate of drug-likeness (QED) is 0.882. The van der Waals surface area contributed by atoms with Crippen LogP contribution >= 0.6 is 0 Å². The third-order valence-electron chi connectivity index (χ3n) is 2.76.